The van der Waals surface area contributed by atoms with Gasteiger partial charge < -0.3 is 28.7 Å². The Morgan fingerprint density at radius 3 is 2.58 bits per heavy atom. The minimum Gasteiger partial charge on any atom is -0.493 e. The molecule has 3 rings (SSSR count). The Labute approximate surface area is 191 Å². The molecule has 1 atom stereocenters. The van der Waals surface area contributed by atoms with Crippen molar-refractivity contribution in [2.24, 2.45) is 0 Å². The number of rotatable bonds is 11. The summed E-state index contributed by atoms with van der Waals surface area (Å²) in [6.07, 6.45) is 0. The van der Waals surface area contributed by atoms with Gasteiger partial charge in [0, 0.05) is 32.8 Å². The Hall–Kier alpha value is -3.15. The second-order valence-electron chi connectivity index (χ2n) is 7.44. The highest BCUT2D eigenvalue weighted by Crippen LogP contribution is 2.35. The molecule has 11 heteroatoms. The van der Waals surface area contributed by atoms with E-state index < -0.39 is 10.8 Å². The number of nitro benzene ring substituents is 1. The van der Waals surface area contributed by atoms with Crippen LogP contribution in [0.2, 0.25) is 0 Å². The second kappa shape index (κ2) is 11.6. The first-order valence-electron chi connectivity index (χ1n) is 10.6. The highest BCUT2D eigenvalue weighted by Gasteiger charge is 2.29. The number of carbonyl (C=O) groups is 1. The van der Waals surface area contributed by atoms with Crippen LogP contribution in [0.3, 0.4) is 0 Å². The molecule has 0 spiro atoms. The monoisotopic (exact) mass is 463 g/mol. The van der Waals surface area contributed by atoms with Gasteiger partial charge in [0.25, 0.3) is 11.6 Å². The number of nitro groups is 1. The largest absolute Gasteiger partial charge is 0.493 e. The van der Waals surface area contributed by atoms with E-state index in [4.69, 9.17) is 23.4 Å². The fourth-order valence-electron chi connectivity index (χ4n) is 3.61. The summed E-state index contributed by atoms with van der Waals surface area (Å²) in [5.74, 6) is 1.26. The van der Waals surface area contributed by atoms with Crippen LogP contribution >= 0.6 is 0 Å². The molecule has 1 aromatic heterocycles. The zero-order valence-electron chi connectivity index (χ0n) is 19.0. The number of nitrogens with zero attached hydrogens (tertiary/aromatic N) is 2. The first kappa shape index (κ1) is 24.5. The fraction of sp³-hybridized carbons (Fsp3) is 0.500. The Kier molecular flexibility index (Phi) is 8.64. The summed E-state index contributed by atoms with van der Waals surface area (Å²) in [6, 6.07) is 6.01. The van der Waals surface area contributed by atoms with Gasteiger partial charge >= 0.3 is 0 Å². The van der Waals surface area contributed by atoms with Gasteiger partial charge in [0.1, 0.15) is 23.7 Å². The number of nitrogens with one attached hydrogen (secondary N) is 1. The van der Waals surface area contributed by atoms with Crippen molar-refractivity contribution in [1.29, 1.82) is 0 Å². The van der Waals surface area contributed by atoms with Crippen LogP contribution in [0.1, 0.15) is 27.9 Å². The predicted molar refractivity (Wildman–Crippen MR) is 118 cm³/mol. The van der Waals surface area contributed by atoms with Crippen LogP contribution in [0, 0.1) is 17.0 Å². The molecular weight excluding hydrogens is 434 g/mol. The van der Waals surface area contributed by atoms with Crippen LogP contribution in [-0.2, 0) is 9.47 Å². The summed E-state index contributed by atoms with van der Waals surface area (Å²) in [4.78, 5) is 26.3. The Morgan fingerprint density at radius 1 is 1.21 bits per heavy atom. The van der Waals surface area contributed by atoms with Crippen molar-refractivity contribution >= 4 is 11.6 Å². The maximum atomic E-state index is 13.0. The summed E-state index contributed by atoms with van der Waals surface area (Å²) in [7, 11) is 2.92. The second-order valence-corrected chi connectivity index (χ2v) is 7.44. The minimum atomic E-state index is -0.618. The molecule has 0 radical (unpaired) electrons. The normalized spacial score (nSPS) is 15.1. The molecule has 180 valence electrons. The van der Waals surface area contributed by atoms with Gasteiger partial charge in [0.15, 0.2) is 11.5 Å². The number of hydrogen-bond acceptors (Lipinski definition) is 9. The molecule has 0 saturated carbocycles. The quantitative estimate of drug-likeness (QED) is 0.303. The molecule has 1 amide bonds. The van der Waals surface area contributed by atoms with Crippen LogP contribution in [0.25, 0.3) is 0 Å². The predicted octanol–water partition coefficient (Wildman–Crippen LogP) is 2.33. The number of carbonyl (C=O) groups excluding carboxylic acids is 1. The van der Waals surface area contributed by atoms with Crippen LogP contribution in [0.4, 0.5) is 5.69 Å². The number of benzene rings is 1. The summed E-state index contributed by atoms with van der Waals surface area (Å²) < 4.78 is 27.0. The Morgan fingerprint density at radius 2 is 1.97 bits per heavy atom. The molecular formula is C22H29N3O8. The third-order valence-corrected chi connectivity index (χ3v) is 5.30. The molecule has 0 bridgehead atoms. The van der Waals surface area contributed by atoms with Crippen molar-refractivity contribution in [3.8, 4) is 11.5 Å². The molecule has 0 aliphatic carbocycles. The number of ether oxygens (including phenoxy) is 4. The van der Waals surface area contributed by atoms with E-state index in [1.807, 2.05) is 19.1 Å². The standard InChI is InChI=1S/C22H29N3O8/c1-15-4-5-19(33-15)18(24-6-8-31-9-7-24)14-23-22(26)16-12-20(30-3)21(32-11-10-29-2)13-17(16)25(27)28/h4-5,12-13,18H,6-11,14H2,1-3H3,(H,23,26). The van der Waals surface area contributed by atoms with E-state index in [1.54, 1.807) is 0 Å². The van der Waals surface area contributed by atoms with E-state index in [9.17, 15) is 14.9 Å². The lowest BCUT2D eigenvalue weighted by molar-refractivity contribution is -0.385. The van der Waals surface area contributed by atoms with E-state index in [-0.39, 0.29) is 41.9 Å². The lowest BCUT2D eigenvalue weighted by atomic mass is 10.1. The van der Waals surface area contributed by atoms with Gasteiger partial charge in [-0.15, -0.1) is 0 Å². The molecule has 1 aromatic carbocycles. The maximum Gasteiger partial charge on any atom is 0.286 e. The average Bonchev–Trinajstić information content (AvgIpc) is 3.25. The highest BCUT2D eigenvalue weighted by molar-refractivity contribution is 5.99. The third kappa shape index (κ3) is 6.21. The first-order chi connectivity index (χ1) is 15.9. The van der Waals surface area contributed by atoms with Gasteiger partial charge in [0.2, 0.25) is 0 Å². The SMILES string of the molecule is COCCOc1cc([N+](=O)[O-])c(C(=O)NCC(c2ccc(C)o2)N2CCOCC2)cc1OC. The molecule has 33 heavy (non-hydrogen) atoms. The maximum absolute atomic E-state index is 13.0. The van der Waals surface area contributed by atoms with Crippen molar-refractivity contribution in [2.45, 2.75) is 13.0 Å². The van der Waals surface area contributed by atoms with Gasteiger partial charge in [-0.25, -0.2) is 0 Å². The smallest absolute Gasteiger partial charge is 0.286 e. The number of morpholine rings is 1. The number of methoxy groups -OCH3 is 2. The molecule has 1 saturated heterocycles. The summed E-state index contributed by atoms with van der Waals surface area (Å²) >= 11 is 0. The average molecular weight is 463 g/mol. The van der Waals surface area contributed by atoms with Crippen LogP contribution < -0.4 is 14.8 Å². The van der Waals surface area contributed by atoms with E-state index in [0.29, 0.717) is 38.7 Å². The third-order valence-electron chi connectivity index (χ3n) is 5.30. The summed E-state index contributed by atoms with van der Waals surface area (Å²) in [6.45, 7) is 5.06. The van der Waals surface area contributed by atoms with Crippen molar-refractivity contribution in [1.82, 2.24) is 10.2 Å². The van der Waals surface area contributed by atoms with Gasteiger partial charge in [-0.05, 0) is 19.1 Å². The lowest BCUT2D eigenvalue weighted by Gasteiger charge is -2.33. The van der Waals surface area contributed by atoms with E-state index in [1.165, 1.54) is 26.4 Å². The van der Waals surface area contributed by atoms with Crippen molar-refractivity contribution in [2.75, 3.05) is 60.3 Å². The molecule has 1 N–H and O–H groups in total. The fourth-order valence-corrected chi connectivity index (χ4v) is 3.61. The minimum absolute atomic E-state index is 0.118. The number of hydrogen-bond donors (Lipinski definition) is 1. The lowest BCUT2D eigenvalue weighted by Crippen LogP contribution is -2.43. The van der Waals surface area contributed by atoms with Crippen LogP contribution in [0.15, 0.2) is 28.7 Å². The van der Waals surface area contributed by atoms with Crippen molar-refractivity contribution in [3.05, 3.63) is 51.5 Å². The number of aryl methyl sites for hydroxylation is 1. The van der Waals surface area contributed by atoms with Crippen LogP contribution in [-0.4, -0.2) is 76.0 Å². The molecule has 1 aliphatic heterocycles. The molecule has 2 heterocycles. The van der Waals surface area contributed by atoms with Gasteiger partial charge in [0.05, 0.1) is 44.0 Å². The molecule has 11 nitrogen and oxygen atoms in total. The van der Waals surface area contributed by atoms with Gasteiger partial charge in [-0.2, -0.15) is 0 Å². The zero-order valence-corrected chi connectivity index (χ0v) is 19.0. The topological polar surface area (TPSA) is 126 Å². The highest BCUT2D eigenvalue weighted by atomic mass is 16.6. The van der Waals surface area contributed by atoms with E-state index in [0.717, 1.165) is 5.76 Å². The van der Waals surface area contributed by atoms with Crippen molar-refractivity contribution in [3.63, 3.8) is 0 Å². The summed E-state index contributed by atoms with van der Waals surface area (Å²) in [5.41, 5.74) is -0.496. The number of amides is 1. The first-order valence-corrected chi connectivity index (χ1v) is 10.6. The molecule has 1 unspecified atom stereocenters. The van der Waals surface area contributed by atoms with E-state index >= 15 is 0 Å². The van der Waals surface area contributed by atoms with Crippen molar-refractivity contribution < 1.29 is 33.1 Å². The van der Waals surface area contributed by atoms with E-state index in [2.05, 4.69) is 10.2 Å². The number of furan rings is 1. The Balaban J connectivity index is 1.81. The molecule has 2 aromatic rings. The van der Waals surface area contributed by atoms with Crippen LogP contribution in [0.5, 0.6) is 11.5 Å². The summed E-state index contributed by atoms with van der Waals surface area (Å²) in [5, 5.41) is 14.5. The molecule has 1 fully saturated rings. The van der Waals surface area contributed by atoms with Gasteiger partial charge in [-0.1, -0.05) is 0 Å². The molecule has 1 aliphatic rings. The Bertz CT molecular complexity index is 955. The van der Waals surface area contributed by atoms with Gasteiger partial charge in [-0.3, -0.25) is 19.8 Å². The zero-order chi connectivity index (χ0) is 23.8.